The Morgan fingerprint density at radius 2 is 2.28 bits per heavy atom. The molecule has 0 spiro atoms. The molecule has 0 fully saturated rings. The first-order valence-electron chi connectivity index (χ1n) is 5.02. The number of rotatable bonds is 5. The van der Waals surface area contributed by atoms with E-state index in [1.807, 2.05) is 0 Å². The van der Waals surface area contributed by atoms with E-state index < -0.39 is 35.1 Å². The molecule has 0 aliphatic carbocycles. The normalized spacial score (nSPS) is 10.4. The zero-order chi connectivity index (χ0) is 13.7. The monoisotopic (exact) mass is 260 g/mol. The van der Waals surface area contributed by atoms with Crippen molar-refractivity contribution < 1.29 is 23.2 Å². The minimum atomic E-state index is -2.92. The molecule has 98 valence electrons. The van der Waals surface area contributed by atoms with Gasteiger partial charge in [-0.05, 0) is 16.8 Å². The maximum atomic E-state index is 12.7. The zero-order valence-corrected chi connectivity index (χ0v) is 9.43. The second kappa shape index (κ2) is 5.99. The van der Waals surface area contributed by atoms with Crippen molar-refractivity contribution in [2.45, 2.75) is 19.8 Å². The molecule has 0 amide bonds. The van der Waals surface area contributed by atoms with Crippen LogP contribution >= 0.6 is 0 Å². The fraction of sp³-hybridized carbons (Fsp3) is 0.400. The van der Waals surface area contributed by atoms with Crippen LogP contribution in [-0.4, -0.2) is 22.5 Å². The summed E-state index contributed by atoms with van der Waals surface area (Å²) in [6, 6.07) is 0.666. The molecule has 1 heterocycles. The number of aromatic nitrogens is 1. The minimum Gasteiger partial charge on any atom is -0.466 e. The number of hydrogen-bond donors (Lipinski definition) is 0. The molecule has 0 aromatic carbocycles. The molecule has 0 saturated carbocycles. The zero-order valence-electron chi connectivity index (χ0n) is 9.43. The summed E-state index contributed by atoms with van der Waals surface area (Å²) in [7, 11) is 0. The van der Waals surface area contributed by atoms with Crippen LogP contribution in [-0.2, 0) is 16.0 Å². The lowest BCUT2D eigenvalue weighted by atomic mass is 10.1. The van der Waals surface area contributed by atoms with Crippen LogP contribution in [0.2, 0.25) is 0 Å². The molecule has 0 radical (unpaired) electrons. The maximum absolute atomic E-state index is 12.7. The average molecular weight is 260 g/mol. The van der Waals surface area contributed by atoms with E-state index >= 15 is 0 Å². The second-order valence-electron chi connectivity index (χ2n) is 3.28. The minimum absolute atomic E-state index is 0.0750. The first kappa shape index (κ1) is 13.9. The number of pyridine rings is 1. The van der Waals surface area contributed by atoms with Crippen molar-refractivity contribution in [3.63, 3.8) is 0 Å². The molecule has 0 bridgehead atoms. The highest BCUT2D eigenvalue weighted by atomic mass is 19.3. The SMILES string of the molecule is CCOC(=O)Cc1cnc([N+](=O)[O-])cc1C(F)F. The molecule has 1 rings (SSSR count). The average Bonchev–Trinajstić information content (AvgIpc) is 2.29. The topological polar surface area (TPSA) is 82.3 Å². The molecule has 1 aromatic rings. The number of esters is 1. The Labute approximate surface area is 101 Å². The van der Waals surface area contributed by atoms with Crippen LogP contribution in [0.25, 0.3) is 0 Å². The molecule has 0 atom stereocenters. The summed E-state index contributed by atoms with van der Waals surface area (Å²) in [6.45, 7) is 1.71. The summed E-state index contributed by atoms with van der Waals surface area (Å²) in [5.74, 6) is -1.37. The van der Waals surface area contributed by atoms with E-state index in [2.05, 4.69) is 9.72 Å². The third-order valence-electron chi connectivity index (χ3n) is 2.07. The van der Waals surface area contributed by atoms with Crippen LogP contribution in [0, 0.1) is 10.1 Å². The Bertz CT molecular complexity index is 465. The number of nitrogens with zero attached hydrogens (tertiary/aromatic N) is 2. The number of alkyl halides is 2. The molecular weight excluding hydrogens is 250 g/mol. The van der Waals surface area contributed by atoms with Crippen molar-refractivity contribution >= 4 is 11.8 Å². The molecule has 0 aliphatic heterocycles. The molecule has 8 heteroatoms. The molecule has 6 nitrogen and oxygen atoms in total. The number of carbonyl (C=O) groups is 1. The molecule has 0 saturated heterocycles. The lowest BCUT2D eigenvalue weighted by Gasteiger charge is -2.06. The van der Waals surface area contributed by atoms with Crippen LogP contribution in [0.5, 0.6) is 0 Å². The van der Waals surface area contributed by atoms with E-state index in [0.717, 1.165) is 6.20 Å². The number of halogens is 2. The highest BCUT2D eigenvalue weighted by Gasteiger charge is 2.21. The van der Waals surface area contributed by atoms with Gasteiger partial charge in [-0.1, -0.05) is 0 Å². The fourth-order valence-corrected chi connectivity index (χ4v) is 1.31. The first-order chi connectivity index (χ1) is 8.45. The van der Waals surface area contributed by atoms with E-state index in [4.69, 9.17) is 0 Å². The molecular formula is C10H10F2N2O4. The molecule has 18 heavy (non-hydrogen) atoms. The highest BCUT2D eigenvalue weighted by Crippen LogP contribution is 2.26. The van der Waals surface area contributed by atoms with Gasteiger partial charge in [0.1, 0.15) is 6.20 Å². The van der Waals surface area contributed by atoms with Gasteiger partial charge in [0.2, 0.25) is 0 Å². The van der Waals surface area contributed by atoms with Gasteiger partial charge >= 0.3 is 11.8 Å². The number of nitro groups is 1. The Morgan fingerprint density at radius 3 is 2.78 bits per heavy atom. The van der Waals surface area contributed by atoms with Crippen LogP contribution < -0.4 is 0 Å². The van der Waals surface area contributed by atoms with E-state index in [-0.39, 0.29) is 12.2 Å². The van der Waals surface area contributed by atoms with Gasteiger partial charge in [-0.15, -0.1) is 0 Å². The van der Waals surface area contributed by atoms with Gasteiger partial charge in [-0.2, -0.15) is 0 Å². The van der Waals surface area contributed by atoms with Crippen molar-refractivity contribution in [1.29, 1.82) is 0 Å². The lowest BCUT2D eigenvalue weighted by molar-refractivity contribution is -0.389. The largest absolute Gasteiger partial charge is 0.466 e. The fourth-order valence-electron chi connectivity index (χ4n) is 1.31. The van der Waals surface area contributed by atoms with Crippen LogP contribution in [0.1, 0.15) is 24.5 Å². The summed E-state index contributed by atoms with van der Waals surface area (Å²) in [6.07, 6.45) is -2.41. The number of hydrogen-bond acceptors (Lipinski definition) is 5. The predicted octanol–water partition coefficient (Wildman–Crippen LogP) is 2.03. The van der Waals surface area contributed by atoms with Gasteiger partial charge in [-0.3, -0.25) is 4.79 Å². The van der Waals surface area contributed by atoms with E-state index in [1.54, 1.807) is 6.92 Å². The summed E-state index contributed by atoms with van der Waals surface area (Å²) in [5.41, 5.74) is -0.654. The molecule has 0 unspecified atom stereocenters. The summed E-state index contributed by atoms with van der Waals surface area (Å²) in [5, 5.41) is 10.4. The summed E-state index contributed by atoms with van der Waals surface area (Å²) >= 11 is 0. The van der Waals surface area contributed by atoms with Crippen LogP contribution in [0.15, 0.2) is 12.3 Å². The Kier molecular flexibility index (Phi) is 4.64. The van der Waals surface area contributed by atoms with E-state index in [9.17, 15) is 23.7 Å². The van der Waals surface area contributed by atoms with Crippen molar-refractivity contribution in [2.24, 2.45) is 0 Å². The van der Waals surface area contributed by atoms with Crippen molar-refractivity contribution in [1.82, 2.24) is 4.98 Å². The van der Waals surface area contributed by atoms with Crippen LogP contribution in [0.3, 0.4) is 0 Å². The van der Waals surface area contributed by atoms with Gasteiger partial charge in [0.15, 0.2) is 0 Å². The van der Waals surface area contributed by atoms with Gasteiger partial charge in [-0.25, -0.2) is 8.78 Å². The quantitative estimate of drug-likeness (QED) is 0.459. The van der Waals surface area contributed by atoms with Crippen molar-refractivity contribution in [3.8, 4) is 0 Å². The van der Waals surface area contributed by atoms with Gasteiger partial charge < -0.3 is 14.9 Å². The molecule has 1 aromatic heterocycles. The molecule has 0 N–H and O–H groups in total. The van der Waals surface area contributed by atoms with E-state index in [1.165, 1.54) is 0 Å². The van der Waals surface area contributed by atoms with Crippen molar-refractivity contribution in [3.05, 3.63) is 33.5 Å². The second-order valence-corrected chi connectivity index (χ2v) is 3.28. The summed E-state index contributed by atoms with van der Waals surface area (Å²) in [4.78, 5) is 24.1. The number of carbonyl (C=O) groups excluding carboxylic acids is 1. The smallest absolute Gasteiger partial charge is 0.363 e. The van der Waals surface area contributed by atoms with Gasteiger partial charge in [0.25, 0.3) is 6.43 Å². The van der Waals surface area contributed by atoms with Crippen molar-refractivity contribution in [2.75, 3.05) is 6.61 Å². The Balaban J connectivity index is 3.04. The standard InChI is InChI=1S/C10H10F2N2O4/c1-2-18-9(15)3-6-5-13-8(14(16)17)4-7(6)10(11)12/h4-5,10H,2-3H2,1H3. The Hall–Kier alpha value is -2.12. The van der Waals surface area contributed by atoms with Gasteiger partial charge in [0, 0.05) is 17.2 Å². The summed E-state index contributed by atoms with van der Waals surface area (Å²) < 4.78 is 30.0. The third-order valence-corrected chi connectivity index (χ3v) is 2.07. The highest BCUT2D eigenvalue weighted by molar-refractivity contribution is 5.73. The first-order valence-corrected chi connectivity index (χ1v) is 5.02. The van der Waals surface area contributed by atoms with E-state index in [0.29, 0.717) is 6.07 Å². The van der Waals surface area contributed by atoms with Gasteiger partial charge in [0.05, 0.1) is 13.0 Å². The lowest BCUT2D eigenvalue weighted by Crippen LogP contribution is -2.10. The van der Waals surface area contributed by atoms with Crippen LogP contribution in [0.4, 0.5) is 14.6 Å². The molecule has 0 aliphatic rings. The number of ether oxygens (including phenoxy) is 1. The predicted molar refractivity (Wildman–Crippen MR) is 56.2 cm³/mol. The Morgan fingerprint density at radius 1 is 1.61 bits per heavy atom. The third kappa shape index (κ3) is 3.44. The maximum Gasteiger partial charge on any atom is 0.363 e.